The van der Waals surface area contributed by atoms with Crippen molar-refractivity contribution in [1.82, 2.24) is 15.8 Å². The van der Waals surface area contributed by atoms with Crippen LogP contribution in [-0.2, 0) is 14.4 Å². The quantitative estimate of drug-likeness (QED) is 0.627. The van der Waals surface area contributed by atoms with E-state index >= 15 is 0 Å². The van der Waals surface area contributed by atoms with Crippen LogP contribution in [0.5, 0.6) is 0 Å². The van der Waals surface area contributed by atoms with Crippen molar-refractivity contribution in [1.29, 1.82) is 0 Å². The number of nitrogens with zero attached hydrogens (tertiary/aromatic N) is 1. The van der Waals surface area contributed by atoms with Crippen LogP contribution in [0, 0.1) is 18.8 Å². The number of amides is 4. The molecular formula is C19H23N3O4. The highest BCUT2D eigenvalue weighted by molar-refractivity contribution is 6.05. The molecule has 0 radical (unpaired) electrons. The van der Waals surface area contributed by atoms with Crippen LogP contribution in [0.4, 0.5) is 0 Å². The molecule has 7 heteroatoms. The van der Waals surface area contributed by atoms with Crippen LogP contribution in [0.15, 0.2) is 24.3 Å². The molecule has 0 aromatic heterocycles. The molecule has 1 saturated carbocycles. The van der Waals surface area contributed by atoms with E-state index in [1.54, 1.807) is 24.3 Å². The number of fused-ring (bicyclic) bond motifs is 1. The minimum absolute atomic E-state index is 0.0366. The zero-order valence-electron chi connectivity index (χ0n) is 14.8. The number of likely N-dealkylation sites (tertiary alicyclic amines) is 1. The minimum Gasteiger partial charge on any atom is -0.282 e. The van der Waals surface area contributed by atoms with Crippen molar-refractivity contribution in [3.8, 4) is 0 Å². The second-order valence-corrected chi connectivity index (χ2v) is 6.94. The first-order valence-corrected chi connectivity index (χ1v) is 8.98. The Labute approximate surface area is 152 Å². The summed E-state index contributed by atoms with van der Waals surface area (Å²) in [6.45, 7) is 1.97. The van der Waals surface area contributed by atoms with Crippen molar-refractivity contribution in [3.05, 3.63) is 35.4 Å². The van der Waals surface area contributed by atoms with E-state index in [1.165, 1.54) is 4.90 Å². The second-order valence-electron chi connectivity index (χ2n) is 6.94. The number of nitrogens with one attached hydrogen (secondary N) is 2. The standard InChI is InChI=1S/C19H23N3O4/c1-12-6-8-13(9-7-12)17(24)21-20-16(23)10-11-22-18(25)14-4-2-3-5-15(14)19(22)26/h6-9,14-15H,2-5,10-11H2,1H3,(H,20,23)(H,21,24)/t14-,15-/m0/s1. The smallest absolute Gasteiger partial charge is 0.269 e. The molecule has 2 N–H and O–H groups in total. The van der Waals surface area contributed by atoms with Crippen LogP contribution >= 0.6 is 0 Å². The summed E-state index contributed by atoms with van der Waals surface area (Å²) < 4.78 is 0. The fourth-order valence-corrected chi connectivity index (χ4v) is 3.63. The highest BCUT2D eigenvalue weighted by Crippen LogP contribution is 2.37. The van der Waals surface area contributed by atoms with E-state index in [0.717, 1.165) is 31.2 Å². The molecule has 4 amide bonds. The van der Waals surface area contributed by atoms with Gasteiger partial charge in [0, 0.05) is 18.5 Å². The zero-order valence-corrected chi connectivity index (χ0v) is 14.8. The molecule has 1 aromatic carbocycles. The van der Waals surface area contributed by atoms with Crippen molar-refractivity contribution >= 4 is 23.6 Å². The van der Waals surface area contributed by atoms with Crippen LogP contribution in [0.1, 0.15) is 48.0 Å². The van der Waals surface area contributed by atoms with E-state index in [2.05, 4.69) is 10.9 Å². The highest BCUT2D eigenvalue weighted by atomic mass is 16.2. The molecule has 0 bridgehead atoms. The Morgan fingerprint density at radius 3 is 2.15 bits per heavy atom. The predicted molar refractivity (Wildman–Crippen MR) is 93.6 cm³/mol. The minimum atomic E-state index is -0.444. The summed E-state index contributed by atoms with van der Waals surface area (Å²) in [6, 6.07) is 6.95. The van der Waals surface area contributed by atoms with Gasteiger partial charge < -0.3 is 0 Å². The van der Waals surface area contributed by atoms with Gasteiger partial charge in [-0.2, -0.15) is 0 Å². The monoisotopic (exact) mass is 357 g/mol. The second kappa shape index (κ2) is 7.68. The number of carbonyl (C=O) groups is 4. The normalized spacial score (nSPS) is 22.1. The van der Waals surface area contributed by atoms with Crippen molar-refractivity contribution in [2.75, 3.05) is 6.54 Å². The lowest BCUT2D eigenvalue weighted by Crippen LogP contribution is -2.43. The lowest BCUT2D eigenvalue weighted by molar-refractivity contribution is -0.140. The van der Waals surface area contributed by atoms with Crippen molar-refractivity contribution < 1.29 is 19.2 Å². The Balaban J connectivity index is 1.47. The Kier molecular flexibility index (Phi) is 5.35. The van der Waals surface area contributed by atoms with E-state index in [9.17, 15) is 19.2 Å². The fourth-order valence-electron chi connectivity index (χ4n) is 3.63. The molecule has 3 rings (SSSR count). The Hall–Kier alpha value is -2.70. The van der Waals surface area contributed by atoms with Gasteiger partial charge in [0.05, 0.1) is 11.8 Å². The number of aryl methyl sites for hydroxylation is 1. The SMILES string of the molecule is Cc1ccc(C(=O)NNC(=O)CCN2C(=O)[C@H]3CCCC[C@@H]3C2=O)cc1. The maximum absolute atomic E-state index is 12.3. The molecule has 0 unspecified atom stereocenters. The molecule has 138 valence electrons. The third kappa shape index (κ3) is 3.76. The van der Waals surface area contributed by atoms with Gasteiger partial charge in [0.15, 0.2) is 0 Å². The van der Waals surface area contributed by atoms with Crippen LogP contribution in [0.2, 0.25) is 0 Å². The third-order valence-electron chi connectivity index (χ3n) is 5.12. The topological polar surface area (TPSA) is 95.6 Å². The average molecular weight is 357 g/mol. The van der Waals surface area contributed by atoms with E-state index in [-0.39, 0.29) is 36.6 Å². The molecule has 2 fully saturated rings. The molecule has 2 aliphatic rings. The first kappa shape index (κ1) is 18.1. The van der Waals surface area contributed by atoms with E-state index in [4.69, 9.17) is 0 Å². The van der Waals surface area contributed by atoms with Gasteiger partial charge in [-0.3, -0.25) is 34.9 Å². The van der Waals surface area contributed by atoms with Crippen LogP contribution in [-0.4, -0.2) is 35.1 Å². The van der Waals surface area contributed by atoms with E-state index in [1.807, 2.05) is 6.92 Å². The van der Waals surface area contributed by atoms with Crippen LogP contribution < -0.4 is 10.9 Å². The van der Waals surface area contributed by atoms with Gasteiger partial charge in [-0.25, -0.2) is 0 Å². The summed E-state index contributed by atoms with van der Waals surface area (Å²) in [6.07, 6.45) is 3.42. The molecule has 26 heavy (non-hydrogen) atoms. The number of hydrogen-bond acceptors (Lipinski definition) is 4. The Morgan fingerprint density at radius 1 is 1.00 bits per heavy atom. The molecule has 1 heterocycles. The van der Waals surface area contributed by atoms with E-state index < -0.39 is 11.8 Å². The summed E-state index contributed by atoms with van der Waals surface area (Å²) in [5.74, 6) is -1.59. The molecule has 2 atom stereocenters. The van der Waals surface area contributed by atoms with Gasteiger partial charge in [0.2, 0.25) is 17.7 Å². The average Bonchev–Trinajstić information content (AvgIpc) is 2.89. The number of rotatable bonds is 4. The summed E-state index contributed by atoms with van der Waals surface area (Å²) in [5.41, 5.74) is 6.13. The van der Waals surface area contributed by atoms with Gasteiger partial charge in [-0.05, 0) is 31.9 Å². The molecular weight excluding hydrogens is 334 g/mol. The highest BCUT2D eigenvalue weighted by Gasteiger charge is 2.47. The zero-order chi connectivity index (χ0) is 18.7. The molecule has 1 saturated heterocycles. The summed E-state index contributed by atoms with van der Waals surface area (Å²) in [7, 11) is 0. The number of carbonyl (C=O) groups excluding carboxylic acids is 4. The van der Waals surface area contributed by atoms with Crippen molar-refractivity contribution in [2.24, 2.45) is 11.8 Å². The third-order valence-corrected chi connectivity index (χ3v) is 5.12. The Bertz CT molecular complexity index is 705. The first-order chi connectivity index (χ1) is 12.5. The van der Waals surface area contributed by atoms with Crippen LogP contribution in [0.3, 0.4) is 0 Å². The number of benzene rings is 1. The molecule has 1 aliphatic heterocycles. The van der Waals surface area contributed by atoms with Gasteiger partial charge in [0.25, 0.3) is 5.91 Å². The molecule has 0 spiro atoms. The first-order valence-electron chi connectivity index (χ1n) is 8.98. The summed E-state index contributed by atoms with van der Waals surface area (Å²) >= 11 is 0. The molecule has 7 nitrogen and oxygen atoms in total. The molecule has 1 aliphatic carbocycles. The van der Waals surface area contributed by atoms with Crippen molar-refractivity contribution in [2.45, 2.75) is 39.0 Å². The van der Waals surface area contributed by atoms with Crippen LogP contribution in [0.25, 0.3) is 0 Å². The lowest BCUT2D eigenvalue weighted by Gasteiger charge is -2.19. The number of hydrazine groups is 1. The van der Waals surface area contributed by atoms with Gasteiger partial charge in [-0.15, -0.1) is 0 Å². The predicted octanol–water partition coefficient (Wildman–Crippen LogP) is 1.32. The maximum atomic E-state index is 12.3. The Morgan fingerprint density at radius 2 is 1.58 bits per heavy atom. The van der Waals surface area contributed by atoms with Crippen molar-refractivity contribution in [3.63, 3.8) is 0 Å². The molecule has 1 aromatic rings. The summed E-state index contributed by atoms with van der Waals surface area (Å²) in [5, 5.41) is 0. The van der Waals surface area contributed by atoms with Gasteiger partial charge >= 0.3 is 0 Å². The number of imide groups is 1. The maximum Gasteiger partial charge on any atom is 0.269 e. The van der Waals surface area contributed by atoms with Gasteiger partial charge in [0.1, 0.15) is 0 Å². The largest absolute Gasteiger partial charge is 0.282 e. The number of hydrogen-bond donors (Lipinski definition) is 2. The van der Waals surface area contributed by atoms with Gasteiger partial charge in [-0.1, -0.05) is 30.5 Å². The lowest BCUT2D eigenvalue weighted by atomic mass is 9.81. The fraction of sp³-hybridized carbons (Fsp3) is 0.474. The summed E-state index contributed by atoms with van der Waals surface area (Å²) in [4.78, 5) is 49.8. The van der Waals surface area contributed by atoms with E-state index in [0.29, 0.717) is 5.56 Å².